The van der Waals surface area contributed by atoms with E-state index in [-0.39, 0.29) is 17.7 Å². The lowest BCUT2D eigenvalue weighted by Gasteiger charge is -2.31. The number of nitrogens with zero attached hydrogens (tertiary/aromatic N) is 1. The van der Waals surface area contributed by atoms with E-state index in [1.807, 2.05) is 0 Å². The Morgan fingerprint density at radius 2 is 1.75 bits per heavy atom. The number of likely N-dealkylation sites (tertiary alicyclic amines) is 1. The monoisotopic (exact) mass is 384 g/mol. The van der Waals surface area contributed by atoms with Crippen LogP contribution in [0.5, 0.6) is 11.5 Å². The molecule has 2 aromatic carbocycles. The zero-order chi connectivity index (χ0) is 19.5. The second-order valence-corrected chi connectivity index (χ2v) is 6.92. The summed E-state index contributed by atoms with van der Waals surface area (Å²) in [6.45, 7) is 1.94. The Balaban J connectivity index is 1.33. The highest BCUT2D eigenvalue weighted by molar-refractivity contribution is 5.95. The van der Waals surface area contributed by atoms with E-state index in [0.29, 0.717) is 61.9 Å². The number of ether oxygens (including phenoxy) is 2. The maximum absolute atomic E-state index is 13.3. The van der Waals surface area contributed by atoms with Gasteiger partial charge in [-0.05, 0) is 43.2 Å². The molecule has 2 heterocycles. The third-order valence-electron chi connectivity index (χ3n) is 5.03. The van der Waals surface area contributed by atoms with Crippen LogP contribution in [-0.2, 0) is 4.79 Å². The van der Waals surface area contributed by atoms with Gasteiger partial charge in [-0.3, -0.25) is 9.59 Å². The summed E-state index contributed by atoms with van der Waals surface area (Å²) in [5.74, 6) is 0.414. The summed E-state index contributed by atoms with van der Waals surface area (Å²) >= 11 is 0. The van der Waals surface area contributed by atoms with E-state index in [9.17, 15) is 14.0 Å². The van der Waals surface area contributed by atoms with Crippen molar-refractivity contribution in [1.29, 1.82) is 0 Å². The third kappa shape index (κ3) is 3.93. The number of hydrogen-bond acceptors (Lipinski definition) is 4. The van der Waals surface area contributed by atoms with E-state index in [2.05, 4.69) is 5.32 Å². The van der Waals surface area contributed by atoms with E-state index in [4.69, 9.17) is 9.47 Å². The van der Waals surface area contributed by atoms with Gasteiger partial charge in [-0.1, -0.05) is 6.07 Å². The predicted octanol–water partition coefficient (Wildman–Crippen LogP) is 3.09. The minimum absolute atomic E-state index is 0.0745. The Labute approximate surface area is 162 Å². The average Bonchev–Trinajstić information content (AvgIpc) is 2.73. The second kappa shape index (κ2) is 7.88. The van der Waals surface area contributed by atoms with Crippen molar-refractivity contribution in [3.63, 3.8) is 0 Å². The number of halogens is 1. The summed E-state index contributed by atoms with van der Waals surface area (Å²) in [6, 6.07) is 11.0. The van der Waals surface area contributed by atoms with Crippen molar-refractivity contribution in [2.75, 3.05) is 31.6 Å². The molecule has 0 atom stereocenters. The van der Waals surface area contributed by atoms with Crippen molar-refractivity contribution in [1.82, 2.24) is 4.90 Å². The molecule has 7 heteroatoms. The molecule has 2 amide bonds. The van der Waals surface area contributed by atoms with Gasteiger partial charge in [0.15, 0.2) is 11.5 Å². The summed E-state index contributed by atoms with van der Waals surface area (Å²) in [5.41, 5.74) is 0.992. The molecule has 2 aliphatic rings. The van der Waals surface area contributed by atoms with E-state index in [0.717, 1.165) is 0 Å². The first-order valence-electron chi connectivity index (χ1n) is 9.35. The van der Waals surface area contributed by atoms with Crippen molar-refractivity contribution in [3.05, 3.63) is 53.8 Å². The summed E-state index contributed by atoms with van der Waals surface area (Å²) in [7, 11) is 0. The van der Waals surface area contributed by atoms with Gasteiger partial charge in [-0.2, -0.15) is 0 Å². The molecule has 146 valence electrons. The minimum Gasteiger partial charge on any atom is -0.486 e. The number of piperidine rings is 1. The van der Waals surface area contributed by atoms with Crippen LogP contribution in [0, 0.1) is 11.7 Å². The molecule has 1 N–H and O–H groups in total. The fourth-order valence-corrected chi connectivity index (χ4v) is 3.51. The van der Waals surface area contributed by atoms with Crippen molar-refractivity contribution in [2.24, 2.45) is 5.92 Å². The molecule has 0 saturated carbocycles. The zero-order valence-electron chi connectivity index (χ0n) is 15.3. The van der Waals surface area contributed by atoms with Gasteiger partial charge in [-0.25, -0.2) is 4.39 Å². The molecule has 0 unspecified atom stereocenters. The van der Waals surface area contributed by atoms with Crippen molar-refractivity contribution in [2.45, 2.75) is 12.8 Å². The summed E-state index contributed by atoms with van der Waals surface area (Å²) in [6.07, 6.45) is 1.13. The van der Waals surface area contributed by atoms with Crippen LogP contribution in [0.3, 0.4) is 0 Å². The number of carbonyl (C=O) groups excluding carboxylic acids is 2. The van der Waals surface area contributed by atoms with E-state index >= 15 is 0 Å². The van der Waals surface area contributed by atoms with Gasteiger partial charge in [-0.15, -0.1) is 0 Å². The van der Waals surface area contributed by atoms with Crippen LogP contribution in [-0.4, -0.2) is 43.0 Å². The maximum atomic E-state index is 13.3. The minimum atomic E-state index is -0.431. The molecule has 1 fully saturated rings. The third-order valence-corrected chi connectivity index (χ3v) is 5.03. The quantitative estimate of drug-likeness (QED) is 0.883. The lowest BCUT2D eigenvalue weighted by molar-refractivity contribution is -0.121. The molecule has 28 heavy (non-hydrogen) atoms. The zero-order valence-corrected chi connectivity index (χ0v) is 15.3. The standard InChI is InChI=1S/C21H21FN2O4/c22-16-3-1-2-15(12-16)21(26)24-8-6-14(7-9-24)20(25)23-17-4-5-18-19(13-17)28-11-10-27-18/h1-5,12-14H,6-11H2,(H,23,25). The maximum Gasteiger partial charge on any atom is 0.253 e. The normalized spacial score (nSPS) is 16.5. The number of fused-ring (bicyclic) bond motifs is 1. The van der Waals surface area contributed by atoms with Crippen LogP contribution < -0.4 is 14.8 Å². The van der Waals surface area contributed by atoms with Crippen LogP contribution in [0.1, 0.15) is 23.2 Å². The van der Waals surface area contributed by atoms with Gasteiger partial charge in [0.25, 0.3) is 5.91 Å². The molecular weight excluding hydrogens is 363 g/mol. The number of anilines is 1. The fourth-order valence-electron chi connectivity index (χ4n) is 3.51. The molecule has 0 aromatic heterocycles. The van der Waals surface area contributed by atoms with E-state index < -0.39 is 5.82 Å². The molecule has 2 aliphatic heterocycles. The Kier molecular flexibility index (Phi) is 5.14. The largest absolute Gasteiger partial charge is 0.486 e. The first kappa shape index (κ1) is 18.3. The molecule has 4 rings (SSSR count). The number of rotatable bonds is 3. The van der Waals surface area contributed by atoms with Crippen molar-refractivity contribution in [3.8, 4) is 11.5 Å². The van der Waals surface area contributed by atoms with E-state index in [1.54, 1.807) is 29.2 Å². The molecule has 0 aliphatic carbocycles. The second-order valence-electron chi connectivity index (χ2n) is 6.92. The van der Waals surface area contributed by atoms with Gasteiger partial charge in [0, 0.05) is 36.3 Å². The van der Waals surface area contributed by atoms with Gasteiger partial charge < -0.3 is 19.7 Å². The molecule has 0 bridgehead atoms. The number of hydrogen-bond donors (Lipinski definition) is 1. The van der Waals surface area contributed by atoms with Crippen LogP contribution >= 0.6 is 0 Å². The first-order valence-corrected chi connectivity index (χ1v) is 9.35. The first-order chi connectivity index (χ1) is 13.6. The van der Waals surface area contributed by atoms with Crippen LogP contribution in [0.4, 0.5) is 10.1 Å². The summed E-state index contributed by atoms with van der Waals surface area (Å²) in [4.78, 5) is 26.7. The van der Waals surface area contributed by atoms with Gasteiger partial charge in [0.1, 0.15) is 19.0 Å². The lowest BCUT2D eigenvalue weighted by atomic mass is 9.95. The summed E-state index contributed by atoms with van der Waals surface area (Å²) in [5, 5.41) is 2.92. The molecule has 0 radical (unpaired) electrons. The molecule has 0 spiro atoms. The summed E-state index contributed by atoms with van der Waals surface area (Å²) < 4.78 is 24.3. The highest BCUT2D eigenvalue weighted by atomic mass is 19.1. The predicted molar refractivity (Wildman–Crippen MR) is 101 cm³/mol. The molecule has 2 aromatic rings. The number of nitrogens with one attached hydrogen (secondary N) is 1. The van der Waals surface area contributed by atoms with E-state index in [1.165, 1.54) is 18.2 Å². The van der Waals surface area contributed by atoms with Crippen molar-refractivity contribution < 1.29 is 23.5 Å². The van der Waals surface area contributed by atoms with Crippen molar-refractivity contribution >= 4 is 17.5 Å². The highest BCUT2D eigenvalue weighted by Gasteiger charge is 2.28. The Bertz CT molecular complexity index is 894. The molecule has 1 saturated heterocycles. The number of carbonyl (C=O) groups is 2. The number of amides is 2. The Morgan fingerprint density at radius 1 is 1.00 bits per heavy atom. The van der Waals surface area contributed by atoms with Crippen LogP contribution in [0.15, 0.2) is 42.5 Å². The Morgan fingerprint density at radius 3 is 2.50 bits per heavy atom. The smallest absolute Gasteiger partial charge is 0.253 e. The molecular formula is C21H21FN2O4. The topological polar surface area (TPSA) is 67.9 Å². The van der Waals surface area contributed by atoms with Crippen LogP contribution in [0.25, 0.3) is 0 Å². The lowest BCUT2D eigenvalue weighted by Crippen LogP contribution is -2.41. The van der Waals surface area contributed by atoms with Crippen LogP contribution in [0.2, 0.25) is 0 Å². The van der Waals surface area contributed by atoms with Gasteiger partial charge in [0.2, 0.25) is 5.91 Å². The number of benzene rings is 2. The SMILES string of the molecule is O=C(Nc1ccc2c(c1)OCCO2)C1CCN(C(=O)c2cccc(F)c2)CC1. The Hall–Kier alpha value is -3.09. The average molecular weight is 384 g/mol. The van der Waals surface area contributed by atoms with Gasteiger partial charge >= 0.3 is 0 Å². The molecule has 6 nitrogen and oxygen atoms in total. The highest BCUT2D eigenvalue weighted by Crippen LogP contribution is 2.33. The van der Waals surface area contributed by atoms with Gasteiger partial charge in [0.05, 0.1) is 0 Å². The fraction of sp³-hybridized carbons (Fsp3) is 0.333.